The van der Waals surface area contributed by atoms with E-state index in [0.717, 1.165) is 12.1 Å². The minimum atomic E-state index is -4.60. The Morgan fingerprint density at radius 3 is 2.71 bits per heavy atom. The van der Waals surface area contributed by atoms with E-state index in [0.29, 0.717) is 18.0 Å². The Bertz CT molecular complexity index is 648. The van der Waals surface area contributed by atoms with Gasteiger partial charge in [0, 0.05) is 12.1 Å². The number of alkyl halides is 3. The lowest BCUT2D eigenvalue weighted by atomic mass is 9.99. The molecule has 1 atom stereocenters. The maximum atomic E-state index is 12.9. The van der Waals surface area contributed by atoms with Crippen molar-refractivity contribution in [1.29, 1.82) is 5.26 Å². The molecule has 0 aromatic heterocycles. The molecule has 4 nitrogen and oxygen atoms in total. The van der Waals surface area contributed by atoms with E-state index in [2.05, 4.69) is 15.5 Å². The fourth-order valence-corrected chi connectivity index (χ4v) is 2.16. The number of benzene rings is 1. The van der Waals surface area contributed by atoms with Crippen LogP contribution in [0.3, 0.4) is 0 Å². The second-order valence-corrected chi connectivity index (χ2v) is 5.22. The summed E-state index contributed by atoms with van der Waals surface area (Å²) in [7, 11) is 0. The van der Waals surface area contributed by atoms with Gasteiger partial charge >= 0.3 is 6.18 Å². The number of halogens is 3. The van der Waals surface area contributed by atoms with Crippen LogP contribution < -0.4 is 5.32 Å². The summed E-state index contributed by atoms with van der Waals surface area (Å²) in [5, 5.41) is 19.4. The van der Waals surface area contributed by atoms with Crippen molar-refractivity contribution in [2.75, 3.05) is 11.9 Å². The summed E-state index contributed by atoms with van der Waals surface area (Å²) in [6, 6.07) is 4.91. The van der Waals surface area contributed by atoms with Crippen LogP contribution in [0.5, 0.6) is 0 Å². The number of nitrogens with one attached hydrogen (secondary N) is 1. The van der Waals surface area contributed by atoms with Gasteiger partial charge in [0.25, 0.3) is 0 Å². The van der Waals surface area contributed by atoms with Gasteiger partial charge in [-0.2, -0.15) is 28.7 Å². The van der Waals surface area contributed by atoms with Gasteiger partial charge in [-0.1, -0.05) is 12.2 Å². The highest BCUT2D eigenvalue weighted by molar-refractivity contribution is 7.80. The molecule has 1 aliphatic heterocycles. The summed E-state index contributed by atoms with van der Waals surface area (Å²) in [5.41, 5.74) is -1.93. The van der Waals surface area contributed by atoms with Crippen molar-refractivity contribution in [3.05, 3.63) is 29.3 Å². The molecule has 1 aliphatic rings. The lowest BCUT2D eigenvalue weighted by molar-refractivity contribution is -0.137. The average Bonchev–Trinajstić information content (AvgIpc) is 2.86. The highest BCUT2D eigenvalue weighted by Gasteiger charge is 2.35. The Morgan fingerprint density at radius 1 is 1.48 bits per heavy atom. The first kappa shape index (κ1) is 15.4. The Kier molecular flexibility index (Phi) is 3.96. The molecule has 0 aliphatic carbocycles. The van der Waals surface area contributed by atoms with E-state index in [4.69, 9.17) is 17.5 Å². The molecule has 110 valence electrons. The molecule has 1 N–H and O–H groups in total. The second-order valence-electron chi connectivity index (χ2n) is 4.81. The van der Waals surface area contributed by atoms with Gasteiger partial charge in [0.1, 0.15) is 10.5 Å². The zero-order chi connectivity index (χ0) is 15.7. The molecule has 0 spiro atoms. The lowest BCUT2D eigenvalue weighted by Crippen LogP contribution is -2.35. The third-order valence-corrected chi connectivity index (χ3v) is 3.72. The molecule has 1 aromatic rings. The molecule has 0 saturated heterocycles. The molecule has 2 rings (SSSR count). The first-order valence-electron chi connectivity index (χ1n) is 6.08. The molecule has 0 saturated carbocycles. The molecule has 0 amide bonds. The van der Waals surface area contributed by atoms with E-state index in [9.17, 15) is 13.2 Å². The van der Waals surface area contributed by atoms with Crippen LogP contribution in [0.15, 0.2) is 28.4 Å². The van der Waals surface area contributed by atoms with E-state index in [1.54, 1.807) is 6.92 Å². The number of hydrogen-bond donors (Lipinski definition) is 1. The van der Waals surface area contributed by atoms with Crippen molar-refractivity contribution in [1.82, 2.24) is 0 Å². The lowest BCUT2D eigenvalue weighted by Gasteiger charge is -2.21. The predicted molar refractivity (Wildman–Crippen MR) is 75.1 cm³/mol. The van der Waals surface area contributed by atoms with Crippen LogP contribution in [-0.4, -0.2) is 17.1 Å². The van der Waals surface area contributed by atoms with Gasteiger partial charge in [-0.15, -0.1) is 0 Å². The van der Waals surface area contributed by atoms with Crippen molar-refractivity contribution in [3.8, 4) is 6.07 Å². The molecule has 8 heteroatoms. The summed E-state index contributed by atoms with van der Waals surface area (Å²) < 4.78 is 38.7. The van der Waals surface area contributed by atoms with Gasteiger partial charge in [-0.25, -0.2) is 0 Å². The van der Waals surface area contributed by atoms with E-state index in [1.807, 2.05) is 0 Å². The monoisotopic (exact) mass is 312 g/mol. The van der Waals surface area contributed by atoms with Gasteiger partial charge in [-0.05, 0) is 25.1 Å². The Morgan fingerprint density at radius 2 is 2.19 bits per heavy atom. The number of thiocarbonyl (C=S) groups is 1. The molecular weight excluding hydrogens is 301 g/mol. The van der Waals surface area contributed by atoms with Crippen LogP contribution in [0.1, 0.15) is 24.5 Å². The van der Waals surface area contributed by atoms with Crippen molar-refractivity contribution in [2.24, 2.45) is 10.2 Å². The molecule has 0 fully saturated rings. The molecule has 1 unspecified atom stereocenters. The van der Waals surface area contributed by atoms with E-state index < -0.39 is 22.8 Å². The molecule has 0 radical (unpaired) electrons. The smallest absolute Gasteiger partial charge is 0.348 e. The number of rotatable bonds is 2. The summed E-state index contributed by atoms with van der Waals surface area (Å²) in [6.07, 6.45) is -3.98. The molecular formula is C13H11F3N4S. The number of nitrogens with zero attached hydrogens (tertiary/aromatic N) is 3. The van der Waals surface area contributed by atoms with Crippen molar-refractivity contribution >= 4 is 22.9 Å². The zero-order valence-electron chi connectivity index (χ0n) is 11.0. The summed E-state index contributed by atoms with van der Waals surface area (Å²) in [6.45, 7) is 2.31. The maximum absolute atomic E-state index is 12.9. The number of azo groups is 1. The third-order valence-electron chi connectivity index (χ3n) is 3.18. The van der Waals surface area contributed by atoms with Crippen molar-refractivity contribution < 1.29 is 13.2 Å². The number of anilines is 1. The SMILES string of the molecule is CC1(C(=S)Nc2ccc(C#N)c(C(F)(F)F)c2)CCN=N1. The third kappa shape index (κ3) is 3.19. The van der Waals surface area contributed by atoms with Crippen LogP contribution in [-0.2, 0) is 6.18 Å². The van der Waals surface area contributed by atoms with Gasteiger partial charge in [0.2, 0.25) is 0 Å². The molecule has 0 bridgehead atoms. The van der Waals surface area contributed by atoms with Crippen LogP contribution in [0, 0.1) is 11.3 Å². The van der Waals surface area contributed by atoms with Gasteiger partial charge in [-0.3, -0.25) is 0 Å². The number of nitriles is 1. The summed E-state index contributed by atoms with van der Waals surface area (Å²) >= 11 is 5.20. The van der Waals surface area contributed by atoms with Crippen LogP contribution >= 0.6 is 12.2 Å². The topological polar surface area (TPSA) is 60.5 Å². The van der Waals surface area contributed by atoms with E-state index in [1.165, 1.54) is 12.1 Å². The molecule has 1 heterocycles. The van der Waals surface area contributed by atoms with Gasteiger partial charge in [0.05, 0.1) is 23.7 Å². The standard InChI is InChI=1S/C13H11F3N4S/c1-12(4-5-18-20-12)11(21)19-9-3-2-8(7-17)10(6-9)13(14,15)16/h2-3,6H,4-5H2,1H3,(H,19,21). The highest BCUT2D eigenvalue weighted by Crippen LogP contribution is 2.34. The highest BCUT2D eigenvalue weighted by atomic mass is 32.1. The fraction of sp³-hybridized carbons (Fsp3) is 0.385. The minimum absolute atomic E-state index is 0.176. The largest absolute Gasteiger partial charge is 0.417 e. The van der Waals surface area contributed by atoms with Crippen molar-refractivity contribution in [2.45, 2.75) is 25.1 Å². The number of hydrogen-bond acceptors (Lipinski definition) is 4. The van der Waals surface area contributed by atoms with Gasteiger partial charge in [0.15, 0.2) is 0 Å². The van der Waals surface area contributed by atoms with Crippen LogP contribution in [0.25, 0.3) is 0 Å². The van der Waals surface area contributed by atoms with E-state index >= 15 is 0 Å². The second kappa shape index (κ2) is 5.41. The average molecular weight is 312 g/mol. The summed E-state index contributed by atoms with van der Waals surface area (Å²) in [4.78, 5) is 0.307. The van der Waals surface area contributed by atoms with Crippen LogP contribution in [0.4, 0.5) is 18.9 Å². The molecule has 1 aromatic carbocycles. The predicted octanol–water partition coefficient (Wildman–Crippen LogP) is 3.93. The summed E-state index contributed by atoms with van der Waals surface area (Å²) in [5.74, 6) is 0. The fourth-order valence-electron chi connectivity index (χ4n) is 1.90. The first-order valence-corrected chi connectivity index (χ1v) is 6.48. The molecule has 21 heavy (non-hydrogen) atoms. The van der Waals surface area contributed by atoms with E-state index in [-0.39, 0.29) is 5.69 Å². The normalized spacial score (nSPS) is 21.1. The van der Waals surface area contributed by atoms with Gasteiger partial charge < -0.3 is 5.32 Å². The van der Waals surface area contributed by atoms with Crippen LogP contribution in [0.2, 0.25) is 0 Å². The maximum Gasteiger partial charge on any atom is 0.417 e. The quantitative estimate of drug-likeness (QED) is 0.842. The Hall–Kier alpha value is -2.01. The Balaban J connectivity index is 2.28. The van der Waals surface area contributed by atoms with Crippen molar-refractivity contribution in [3.63, 3.8) is 0 Å². The Labute approximate surface area is 124 Å². The zero-order valence-corrected chi connectivity index (χ0v) is 11.8. The first-order chi connectivity index (χ1) is 9.76. The minimum Gasteiger partial charge on any atom is -0.348 e.